The second kappa shape index (κ2) is 7.27. The molecule has 1 atom stereocenters. The van der Waals surface area contributed by atoms with Gasteiger partial charge in [0, 0.05) is 36.6 Å². The second-order valence-electron chi connectivity index (χ2n) is 5.93. The number of ether oxygens (including phenoxy) is 1. The fraction of sp³-hybridized carbons (Fsp3) is 0.562. The minimum absolute atomic E-state index is 0.0685. The van der Waals surface area contributed by atoms with E-state index in [4.69, 9.17) is 4.74 Å². The molecule has 1 aromatic rings. The molecule has 1 aromatic carbocycles. The van der Waals surface area contributed by atoms with Gasteiger partial charge in [-0.05, 0) is 30.7 Å². The summed E-state index contributed by atoms with van der Waals surface area (Å²) in [6.45, 7) is 6.82. The Hall–Kier alpha value is -1.07. The number of benzene rings is 1. The van der Waals surface area contributed by atoms with Crippen molar-refractivity contribution >= 4 is 21.8 Å². The van der Waals surface area contributed by atoms with E-state index in [0.29, 0.717) is 5.92 Å². The zero-order valence-electron chi connectivity index (χ0n) is 12.9. The van der Waals surface area contributed by atoms with E-state index < -0.39 is 0 Å². The van der Waals surface area contributed by atoms with Gasteiger partial charge in [0.1, 0.15) is 5.75 Å². The van der Waals surface area contributed by atoms with Gasteiger partial charge >= 0.3 is 0 Å². The second-order valence-corrected chi connectivity index (χ2v) is 6.85. The highest BCUT2D eigenvalue weighted by atomic mass is 79.9. The SMILES string of the molecule is CC(C)CNCc1cc(Br)ccc1OC1CCN(C)C1=O. The van der Waals surface area contributed by atoms with Crippen molar-refractivity contribution in [3.8, 4) is 5.75 Å². The summed E-state index contributed by atoms with van der Waals surface area (Å²) in [6, 6.07) is 5.93. The van der Waals surface area contributed by atoms with Crippen LogP contribution in [-0.2, 0) is 11.3 Å². The van der Waals surface area contributed by atoms with Crippen LogP contribution in [0.5, 0.6) is 5.75 Å². The summed E-state index contributed by atoms with van der Waals surface area (Å²) in [5.74, 6) is 1.47. The molecular formula is C16H23BrN2O2. The van der Waals surface area contributed by atoms with Crippen molar-refractivity contribution in [3.63, 3.8) is 0 Å². The monoisotopic (exact) mass is 354 g/mol. The Morgan fingerprint density at radius 2 is 2.24 bits per heavy atom. The smallest absolute Gasteiger partial charge is 0.263 e. The number of nitrogens with zero attached hydrogens (tertiary/aromatic N) is 1. The third-order valence-corrected chi connectivity index (χ3v) is 4.03. The molecule has 0 aliphatic carbocycles. The van der Waals surface area contributed by atoms with E-state index in [1.54, 1.807) is 4.90 Å². The molecule has 1 aliphatic heterocycles. The molecule has 1 unspecified atom stereocenters. The topological polar surface area (TPSA) is 41.6 Å². The Bertz CT molecular complexity index is 505. The van der Waals surface area contributed by atoms with Gasteiger partial charge in [0.15, 0.2) is 6.10 Å². The third kappa shape index (κ3) is 4.45. The van der Waals surface area contributed by atoms with E-state index in [9.17, 15) is 4.79 Å². The summed E-state index contributed by atoms with van der Waals surface area (Å²) in [4.78, 5) is 13.7. The Morgan fingerprint density at radius 1 is 1.48 bits per heavy atom. The average Bonchev–Trinajstić information content (AvgIpc) is 2.73. The highest BCUT2D eigenvalue weighted by molar-refractivity contribution is 9.10. The lowest BCUT2D eigenvalue weighted by atomic mass is 10.1. The van der Waals surface area contributed by atoms with Crippen LogP contribution in [0.15, 0.2) is 22.7 Å². The van der Waals surface area contributed by atoms with E-state index in [0.717, 1.165) is 41.8 Å². The number of rotatable bonds is 6. The van der Waals surface area contributed by atoms with E-state index in [1.165, 1.54) is 0 Å². The number of nitrogens with one attached hydrogen (secondary N) is 1. The lowest BCUT2D eigenvalue weighted by Crippen LogP contribution is -2.30. The Kier molecular flexibility index (Phi) is 5.65. The van der Waals surface area contributed by atoms with Gasteiger partial charge in [-0.2, -0.15) is 0 Å². The largest absolute Gasteiger partial charge is 0.480 e. The molecule has 4 nitrogen and oxygen atoms in total. The Balaban J connectivity index is 2.06. The van der Waals surface area contributed by atoms with Crippen molar-refractivity contribution in [3.05, 3.63) is 28.2 Å². The Labute approximate surface area is 135 Å². The van der Waals surface area contributed by atoms with Crippen LogP contribution in [0.3, 0.4) is 0 Å². The Morgan fingerprint density at radius 3 is 2.86 bits per heavy atom. The van der Waals surface area contributed by atoms with Crippen LogP contribution in [0, 0.1) is 5.92 Å². The first-order valence-corrected chi connectivity index (χ1v) is 8.17. The summed E-state index contributed by atoms with van der Waals surface area (Å²) in [6.07, 6.45) is 0.407. The lowest BCUT2D eigenvalue weighted by Gasteiger charge is -2.17. The van der Waals surface area contributed by atoms with Crippen LogP contribution in [-0.4, -0.2) is 37.0 Å². The number of halogens is 1. The van der Waals surface area contributed by atoms with Crippen LogP contribution in [0.1, 0.15) is 25.8 Å². The van der Waals surface area contributed by atoms with Gasteiger partial charge in [-0.25, -0.2) is 0 Å². The molecule has 1 heterocycles. The highest BCUT2D eigenvalue weighted by Gasteiger charge is 2.31. The molecule has 0 spiro atoms. The van der Waals surface area contributed by atoms with Crippen molar-refractivity contribution < 1.29 is 9.53 Å². The number of hydrogen-bond acceptors (Lipinski definition) is 3. The molecule has 116 valence electrons. The van der Waals surface area contributed by atoms with Gasteiger partial charge in [-0.15, -0.1) is 0 Å². The van der Waals surface area contributed by atoms with Gasteiger partial charge in [-0.3, -0.25) is 4.79 Å². The fourth-order valence-corrected chi connectivity index (χ4v) is 2.76. The summed E-state index contributed by atoms with van der Waals surface area (Å²) in [7, 11) is 1.82. The van der Waals surface area contributed by atoms with Crippen molar-refractivity contribution in [1.82, 2.24) is 10.2 Å². The molecule has 5 heteroatoms. The molecule has 1 amide bonds. The minimum atomic E-state index is -0.347. The standard InChI is InChI=1S/C16H23BrN2O2/c1-11(2)9-18-10-12-8-13(17)4-5-14(12)21-15-6-7-19(3)16(15)20/h4-5,8,11,15,18H,6-7,9-10H2,1-3H3. The first kappa shape index (κ1) is 16.3. The molecule has 1 fully saturated rings. The number of hydrogen-bond donors (Lipinski definition) is 1. The van der Waals surface area contributed by atoms with Crippen molar-refractivity contribution in [1.29, 1.82) is 0 Å². The first-order valence-electron chi connectivity index (χ1n) is 7.38. The molecule has 1 aliphatic rings. The summed E-state index contributed by atoms with van der Waals surface area (Å²) >= 11 is 3.49. The number of likely N-dealkylation sites (tertiary alicyclic amines) is 1. The lowest BCUT2D eigenvalue weighted by molar-refractivity contribution is -0.132. The summed E-state index contributed by atoms with van der Waals surface area (Å²) in [5.41, 5.74) is 1.08. The fourth-order valence-electron chi connectivity index (χ4n) is 2.35. The van der Waals surface area contributed by atoms with E-state index in [-0.39, 0.29) is 12.0 Å². The molecule has 0 bridgehead atoms. The molecule has 1 saturated heterocycles. The van der Waals surface area contributed by atoms with Crippen LogP contribution in [0.2, 0.25) is 0 Å². The molecule has 2 rings (SSSR count). The van der Waals surface area contributed by atoms with Crippen LogP contribution in [0.4, 0.5) is 0 Å². The number of carbonyl (C=O) groups is 1. The first-order chi connectivity index (χ1) is 9.97. The quantitative estimate of drug-likeness (QED) is 0.853. The van der Waals surface area contributed by atoms with E-state index in [1.807, 2.05) is 25.2 Å². The maximum absolute atomic E-state index is 12.0. The van der Waals surface area contributed by atoms with Gasteiger partial charge in [0.05, 0.1) is 0 Å². The third-order valence-electron chi connectivity index (χ3n) is 3.54. The molecule has 0 saturated carbocycles. The highest BCUT2D eigenvalue weighted by Crippen LogP contribution is 2.26. The molecule has 0 radical (unpaired) electrons. The van der Waals surface area contributed by atoms with Crippen molar-refractivity contribution in [2.75, 3.05) is 20.1 Å². The maximum Gasteiger partial charge on any atom is 0.263 e. The molecule has 21 heavy (non-hydrogen) atoms. The zero-order valence-corrected chi connectivity index (χ0v) is 14.4. The number of likely N-dealkylation sites (N-methyl/N-ethyl adjacent to an activating group) is 1. The maximum atomic E-state index is 12.0. The van der Waals surface area contributed by atoms with Crippen molar-refractivity contribution in [2.45, 2.75) is 32.9 Å². The predicted molar refractivity (Wildman–Crippen MR) is 87.4 cm³/mol. The molecule has 0 aromatic heterocycles. The van der Waals surface area contributed by atoms with Crippen LogP contribution < -0.4 is 10.1 Å². The van der Waals surface area contributed by atoms with Crippen LogP contribution in [0.25, 0.3) is 0 Å². The van der Waals surface area contributed by atoms with Crippen molar-refractivity contribution in [2.24, 2.45) is 5.92 Å². The normalized spacial score (nSPS) is 18.6. The zero-order chi connectivity index (χ0) is 15.4. The van der Waals surface area contributed by atoms with Gasteiger partial charge in [0.25, 0.3) is 5.91 Å². The molecule has 1 N–H and O–H groups in total. The van der Waals surface area contributed by atoms with E-state index in [2.05, 4.69) is 35.1 Å². The minimum Gasteiger partial charge on any atom is -0.480 e. The molecular weight excluding hydrogens is 332 g/mol. The average molecular weight is 355 g/mol. The van der Waals surface area contributed by atoms with E-state index >= 15 is 0 Å². The summed E-state index contributed by atoms with van der Waals surface area (Å²) in [5, 5.41) is 3.42. The van der Waals surface area contributed by atoms with Crippen LogP contribution >= 0.6 is 15.9 Å². The number of carbonyl (C=O) groups excluding carboxylic acids is 1. The van der Waals surface area contributed by atoms with Gasteiger partial charge < -0.3 is 15.0 Å². The summed E-state index contributed by atoms with van der Waals surface area (Å²) < 4.78 is 6.97. The van der Waals surface area contributed by atoms with Gasteiger partial charge in [-0.1, -0.05) is 29.8 Å². The predicted octanol–water partition coefficient (Wildman–Crippen LogP) is 2.80. The van der Waals surface area contributed by atoms with Gasteiger partial charge in [0.2, 0.25) is 0 Å². The number of amides is 1.